The molecule has 0 saturated heterocycles. The van der Waals surface area contributed by atoms with Crippen molar-refractivity contribution < 1.29 is 19.0 Å². The van der Waals surface area contributed by atoms with Gasteiger partial charge in [-0.1, -0.05) is 79.8 Å². The minimum Gasteiger partial charge on any atom is -0.493 e. The Balaban J connectivity index is 2.19. The van der Waals surface area contributed by atoms with E-state index in [0.29, 0.717) is 35.8 Å². The van der Waals surface area contributed by atoms with E-state index in [4.69, 9.17) is 14.2 Å². The molecule has 1 N–H and O–H groups in total. The van der Waals surface area contributed by atoms with Crippen molar-refractivity contribution in [2.24, 2.45) is 0 Å². The fraction of sp³-hybridized carbons (Fsp3) is 0.387. The van der Waals surface area contributed by atoms with Crippen molar-refractivity contribution in [2.75, 3.05) is 26.6 Å². The van der Waals surface area contributed by atoms with Gasteiger partial charge in [-0.25, -0.2) is 0 Å². The first-order valence-corrected chi connectivity index (χ1v) is 12.7. The van der Waals surface area contributed by atoms with Crippen molar-refractivity contribution in [1.82, 2.24) is 0 Å². The van der Waals surface area contributed by atoms with Gasteiger partial charge >= 0.3 is 0 Å². The Morgan fingerprint density at radius 3 is 1.47 bits per heavy atom. The van der Waals surface area contributed by atoms with Crippen LogP contribution >= 0.6 is 0 Å². The van der Waals surface area contributed by atoms with Crippen molar-refractivity contribution in [3.05, 3.63) is 85.0 Å². The molecule has 0 bridgehead atoms. The summed E-state index contributed by atoms with van der Waals surface area (Å²) < 4.78 is 15.9. The minimum absolute atomic E-state index is 0.0659. The van der Waals surface area contributed by atoms with E-state index in [1.54, 1.807) is 33.5 Å². The average Bonchev–Trinajstić information content (AvgIpc) is 2.89. The number of hydrogen-bond donors (Lipinski definition) is 1. The molecular weight excluding hydrogens is 450 g/mol. The van der Waals surface area contributed by atoms with Crippen LogP contribution in [0.1, 0.15) is 58.3 Å². The van der Waals surface area contributed by atoms with Crippen LogP contribution in [0.3, 0.4) is 0 Å². The van der Waals surface area contributed by atoms with Gasteiger partial charge in [0.1, 0.15) is 0 Å². The van der Waals surface area contributed by atoms with E-state index < -0.39 is 0 Å². The molecule has 1 amide bonds. The second kappa shape index (κ2) is 20.9. The molecule has 0 saturated carbocycles. The fourth-order valence-electron chi connectivity index (χ4n) is 3.23. The largest absolute Gasteiger partial charge is 0.493 e. The Kier molecular flexibility index (Phi) is 17.7. The lowest BCUT2D eigenvalue weighted by Crippen LogP contribution is -2.11. The summed E-state index contributed by atoms with van der Waals surface area (Å²) in [6.07, 6.45) is 33.0. The molecule has 0 spiro atoms. The molecular formula is C31H43NO4. The molecule has 0 atom stereocenters. The van der Waals surface area contributed by atoms with Crippen LogP contribution in [-0.2, 0) is 4.79 Å². The number of rotatable bonds is 18. The van der Waals surface area contributed by atoms with Gasteiger partial charge in [0, 0.05) is 24.2 Å². The van der Waals surface area contributed by atoms with Crippen LogP contribution in [0.4, 0.5) is 5.69 Å². The normalized spacial score (nSPS) is 12.2. The zero-order chi connectivity index (χ0) is 26.3. The molecule has 0 heterocycles. The number of allylic oxidation sites excluding steroid dienone is 12. The van der Waals surface area contributed by atoms with Gasteiger partial charge in [0.15, 0.2) is 11.5 Å². The second-order valence-corrected chi connectivity index (χ2v) is 7.92. The zero-order valence-corrected chi connectivity index (χ0v) is 22.4. The van der Waals surface area contributed by atoms with Crippen LogP contribution in [0.2, 0.25) is 0 Å². The highest BCUT2D eigenvalue weighted by Gasteiger charge is 2.14. The topological polar surface area (TPSA) is 56.8 Å². The quantitative estimate of drug-likeness (QED) is 0.210. The van der Waals surface area contributed by atoms with Gasteiger partial charge in [-0.3, -0.25) is 4.79 Å². The van der Waals surface area contributed by atoms with Crippen molar-refractivity contribution in [1.29, 1.82) is 0 Å². The Labute approximate surface area is 217 Å². The van der Waals surface area contributed by atoms with E-state index in [2.05, 4.69) is 79.1 Å². The van der Waals surface area contributed by atoms with Crippen molar-refractivity contribution in [2.45, 2.75) is 58.3 Å². The Hall–Kier alpha value is -3.47. The molecule has 0 radical (unpaired) electrons. The summed E-state index contributed by atoms with van der Waals surface area (Å²) in [5.74, 6) is 1.44. The van der Waals surface area contributed by atoms with E-state index in [9.17, 15) is 4.79 Å². The first-order chi connectivity index (χ1) is 17.7. The monoisotopic (exact) mass is 493 g/mol. The summed E-state index contributed by atoms with van der Waals surface area (Å²) >= 11 is 0. The highest BCUT2D eigenvalue weighted by atomic mass is 16.5. The number of hydrogen-bond acceptors (Lipinski definition) is 4. The maximum Gasteiger partial charge on any atom is 0.224 e. The predicted octanol–water partition coefficient (Wildman–Crippen LogP) is 8.13. The minimum atomic E-state index is -0.0659. The number of carbonyl (C=O) groups excluding carboxylic acids is 1. The first kappa shape index (κ1) is 30.6. The molecule has 0 fully saturated rings. The molecule has 5 nitrogen and oxygen atoms in total. The van der Waals surface area contributed by atoms with Crippen LogP contribution in [0, 0.1) is 0 Å². The van der Waals surface area contributed by atoms with Crippen LogP contribution in [0.25, 0.3) is 0 Å². The summed E-state index contributed by atoms with van der Waals surface area (Å²) in [6.45, 7) is 2.15. The number of carbonyl (C=O) groups is 1. The number of methoxy groups -OCH3 is 3. The van der Waals surface area contributed by atoms with Crippen LogP contribution in [0.5, 0.6) is 17.2 Å². The molecule has 36 heavy (non-hydrogen) atoms. The average molecular weight is 494 g/mol. The van der Waals surface area contributed by atoms with Gasteiger partial charge in [-0.2, -0.15) is 0 Å². The van der Waals surface area contributed by atoms with Gasteiger partial charge in [0.25, 0.3) is 0 Å². The standard InChI is InChI=1S/C31H43NO4/c1-5-6-7-8-9-10-11-12-13-14-15-16-17-18-19-20-21-22-23-24-30(33)32-27-25-28(34-2)31(36-4)29(26-27)35-3/h6-7,9-10,12-13,15-16,18-19,21-22,25-26H,5,8,11,14,17,20,23-24H2,1-4H3,(H,32,33)/b7-6-,10-9-,13-12-,16-15-,19-18-,22-21-. The lowest BCUT2D eigenvalue weighted by molar-refractivity contribution is -0.116. The zero-order valence-electron chi connectivity index (χ0n) is 22.4. The van der Waals surface area contributed by atoms with Crippen molar-refractivity contribution in [3.8, 4) is 17.2 Å². The third-order valence-corrected chi connectivity index (χ3v) is 5.08. The number of nitrogens with one attached hydrogen (secondary N) is 1. The van der Waals surface area contributed by atoms with Crippen LogP contribution in [0.15, 0.2) is 85.0 Å². The lowest BCUT2D eigenvalue weighted by Gasteiger charge is -2.14. The molecule has 0 aliphatic carbocycles. The molecule has 0 unspecified atom stereocenters. The Morgan fingerprint density at radius 2 is 1.08 bits per heavy atom. The smallest absolute Gasteiger partial charge is 0.224 e. The number of benzene rings is 1. The lowest BCUT2D eigenvalue weighted by atomic mass is 10.2. The molecule has 5 heteroatoms. The second-order valence-electron chi connectivity index (χ2n) is 7.92. The summed E-state index contributed by atoms with van der Waals surface area (Å²) in [7, 11) is 4.64. The van der Waals surface area contributed by atoms with Gasteiger partial charge in [0.05, 0.1) is 21.3 Å². The third kappa shape index (κ3) is 14.1. The van der Waals surface area contributed by atoms with Crippen LogP contribution in [-0.4, -0.2) is 27.2 Å². The van der Waals surface area contributed by atoms with E-state index in [1.165, 1.54) is 0 Å². The molecule has 1 aromatic carbocycles. The summed E-state index contributed by atoms with van der Waals surface area (Å²) in [5, 5.41) is 2.88. The molecule has 1 aromatic rings. The molecule has 0 aliphatic rings. The number of anilines is 1. The first-order valence-electron chi connectivity index (χ1n) is 12.7. The Bertz CT molecular complexity index is 897. The SMILES string of the molecule is CC/C=C\C/C=C\C/C=C\C/C=C\C/C=C\C/C=C\CCC(=O)Nc1cc(OC)c(OC)c(OC)c1. The highest BCUT2D eigenvalue weighted by Crippen LogP contribution is 2.39. The summed E-state index contributed by atoms with van der Waals surface area (Å²) in [6, 6.07) is 3.44. The van der Waals surface area contributed by atoms with E-state index in [-0.39, 0.29) is 5.91 Å². The molecule has 0 aromatic heterocycles. The summed E-state index contributed by atoms with van der Waals surface area (Å²) in [4.78, 5) is 12.3. The third-order valence-electron chi connectivity index (χ3n) is 5.08. The molecule has 196 valence electrons. The van der Waals surface area contributed by atoms with Gasteiger partial charge in [-0.05, 0) is 44.9 Å². The number of ether oxygens (including phenoxy) is 3. The van der Waals surface area contributed by atoms with Crippen molar-refractivity contribution >= 4 is 11.6 Å². The molecule has 1 rings (SSSR count). The van der Waals surface area contributed by atoms with Gasteiger partial charge in [-0.15, -0.1) is 0 Å². The molecule has 0 aliphatic heterocycles. The highest BCUT2D eigenvalue weighted by molar-refractivity contribution is 5.91. The van der Waals surface area contributed by atoms with Crippen molar-refractivity contribution in [3.63, 3.8) is 0 Å². The van der Waals surface area contributed by atoms with Gasteiger partial charge in [0.2, 0.25) is 11.7 Å². The maximum atomic E-state index is 12.3. The van der Waals surface area contributed by atoms with E-state index in [1.807, 2.05) is 6.08 Å². The fourth-order valence-corrected chi connectivity index (χ4v) is 3.23. The maximum absolute atomic E-state index is 12.3. The van der Waals surface area contributed by atoms with Gasteiger partial charge < -0.3 is 19.5 Å². The Morgan fingerprint density at radius 1 is 0.667 bits per heavy atom. The van der Waals surface area contributed by atoms with Crippen LogP contribution < -0.4 is 19.5 Å². The van der Waals surface area contributed by atoms with E-state index in [0.717, 1.165) is 38.5 Å². The van der Waals surface area contributed by atoms with E-state index >= 15 is 0 Å². The summed E-state index contributed by atoms with van der Waals surface area (Å²) in [5.41, 5.74) is 0.609. The predicted molar refractivity (Wildman–Crippen MR) is 152 cm³/mol. The number of amides is 1.